The largest absolute Gasteiger partial charge is 0.248 e. The Morgan fingerprint density at radius 3 is 2.86 bits per heavy atom. The summed E-state index contributed by atoms with van der Waals surface area (Å²) < 4.78 is 1.91. The van der Waals surface area contributed by atoms with Crippen molar-refractivity contribution in [3.8, 4) is 0 Å². The van der Waals surface area contributed by atoms with Crippen LogP contribution in [0.25, 0.3) is 0 Å². The zero-order chi connectivity index (χ0) is 15.4. The minimum Gasteiger partial charge on any atom is -0.248 e. The molecule has 2 heterocycles. The first-order valence-corrected chi connectivity index (χ1v) is 7.76. The summed E-state index contributed by atoms with van der Waals surface area (Å²) in [5.41, 5.74) is 15.3. The van der Waals surface area contributed by atoms with Crippen molar-refractivity contribution in [2.24, 2.45) is 0 Å². The molecule has 1 unspecified atom stereocenters. The van der Waals surface area contributed by atoms with E-state index in [9.17, 15) is 0 Å². The molecule has 0 amide bonds. The fraction of sp³-hybridized carbons (Fsp3) is 0.467. The fourth-order valence-electron chi connectivity index (χ4n) is 2.67. The van der Waals surface area contributed by atoms with E-state index in [-0.39, 0.29) is 6.17 Å². The number of nitrogens with zero attached hydrogens (tertiary/aromatic N) is 3. The highest BCUT2D eigenvalue weighted by Gasteiger charge is 2.15. The van der Waals surface area contributed by atoms with Gasteiger partial charge in [-0.25, -0.2) is 15.5 Å². The van der Waals surface area contributed by atoms with Crippen molar-refractivity contribution in [1.82, 2.24) is 36.9 Å². The van der Waals surface area contributed by atoms with Crippen molar-refractivity contribution in [2.75, 3.05) is 0 Å². The second kappa shape index (κ2) is 6.97. The normalized spacial score (nSPS) is 17.0. The van der Waals surface area contributed by atoms with Gasteiger partial charge in [-0.3, -0.25) is 0 Å². The Bertz CT molecular complexity index is 603. The molecule has 1 aromatic carbocycles. The number of hydrogen-bond donors (Lipinski definition) is 4. The van der Waals surface area contributed by atoms with Gasteiger partial charge in [-0.05, 0) is 17.5 Å². The third-order valence-electron chi connectivity index (χ3n) is 3.91. The second-order valence-corrected chi connectivity index (χ2v) is 5.75. The van der Waals surface area contributed by atoms with Gasteiger partial charge in [0.05, 0.1) is 12.2 Å². The molecule has 118 valence electrons. The monoisotopic (exact) mass is 301 g/mol. The molecule has 1 aliphatic heterocycles. The van der Waals surface area contributed by atoms with E-state index in [0.717, 1.165) is 24.2 Å². The van der Waals surface area contributed by atoms with E-state index in [1.807, 2.05) is 4.68 Å². The van der Waals surface area contributed by atoms with Gasteiger partial charge in [-0.15, -0.1) is 5.10 Å². The smallest absolute Gasteiger partial charge is 0.111 e. The lowest BCUT2D eigenvalue weighted by Crippen LogP contribution is -2.33. The Balaban J connectivity index is 1.69. The molecule has 1 fully saturated rings. The van der Waals surface area contributed by atoms with Crippen molar-refractivity contribution in [2.45, 2.75) is 45.3 Å². The van der Waals surface area contributed by atoms with Gasteiger partial charge in [0.15, 0.2) is 0 Å². The Morgan fingerprint density at radius 1 is 1.27 bits per heavy atom. The molecular formula is C15H23N7. The predicted molar refractivity (Wildman–Crippen MR) is 84.2 cm³/mol. The highest BCUT2D eigenvalue weighted by atomic mass is 15.8. The zero-order valence-electron chi connectivity index (χ0n) is 13.0. The molecule has 7 nitrogen and oxygen atoms in total. The minimum absolute atomic E-state index is 0.0517. The summed E-state index contributed by atoms with van der Waals surface area (Å²) >= 11 is 0. The van der Waals surface area contributed by atoms with Gasteiger partial charge < -0.3 is 0 Å². The molecule has 1 aliphatic rings. The number of rotatable bonds is 6. The fourth-order valence-corrected chi connectivity index (χ4v) is 2.67. The highest BCUT2D eigenvalue weighted by molar-refractivity contribution is 5.26. The van der Waals surface area contributed by atoms with Crippen LogP contribution in [0, 0.1) is 0 Å². The number of hydrogen-bond acceptors (Lipinski definition) is 6. The quantitative estimate of drug-likeness (QED) is 0.645. The maximum atomic E-state index is 4.30. The van der Waals surface area contributed by atoms with Crippen LogP contribution in [0.15, 0.2) is 30.5 Å². The van der Waals surface area contributed by atoms with E-state index in [1.165, 1.54) is 12.0 Å². The van der Waals surface area contributed by atoms with Crippen LogP contribution >= 0.6 is 0 Å². The van der Waals surface area contributed by atoms with Gasteiger partial charge in [0, 0.05) is 12.1 Å². The van der Waals surface area contributed by atoms with Crippen LogP contribution in [-0.4, -0.2) is 15.0 Å². The molecule has 2 aromatic rings. The molecule has 7 heteroatoms. The average Bonchev–Trinajstić information content (AvgIpc) is 3.19. The average molecular weight is 301 g/mol. The maximum Gasteiger partial charge on any atom is 0.111 e. The van der Waals surface area contributed by atoms with Crippen LogP contribution in [0.5, 0.6) is 0 Å². The van der Waals surface area contributed by atoms with Gasteiger partial charge >= 0.3 is 0 Å². The van der Waals surface area contributed by atoms with E-state index in [1.54, 1.807) is 0 Å². The molecule has 0 radical (unpaired) electrons. The van der Waals surface area contributed by atoms with Crippen molar-refractivity contribution in [3.63, 3.8) is 0 Å². The van der Waals surface area contributed by atoms with Crippen LogP contribution in [-0.2, 0) is 6.54 Å². The Hall–Kier alpha value is -1.80. The van der Waals surface area contributed by atoms with Crippen molar-refractivity contribution >= 4 is 0 Å². The van der Waals surface area contributed by atoms with Crippen LogP contribution in [0.2, 0.25) is 0 Å². The summed E-state index contributed by atoms with van der Waals surface area (Å²) in [5, 5.41) is 8.55. The van der Waals surface area contributed by atoms with Gasteiger partial charge in [0.25, 0.3) is 0 Å². The van der Waals surface area contributed by atoms with Crippen molar-refractivity contribution in [3.05, 3.63) is 47.3 Å². The Kier molecular flexibility index (Phi) is 4.79. The minimum atomic E-state index is 0.0517. The molecule has 22 heavy (non-hydrogen) atoms. The number of nitrogens with one attached hydrogen (secondary N) is 4. The van der Waals surface area contributed by atoms with Crippen LogP contribution in [0.3, 0.4) is 0 Å². The molecule has 4 N–H and O–H groups in total. The lowest BCUT2D eigenvalue weighted by molar-refractivity contribution is 0.553. The molecule has 0 bridgehead atoms. The Labute approximate surface area is 130 Å². The van der Waals surface area contributed by atoms with Gasteiger partial charge in [0.2, 0.25) is 0 Å². The molecule has 1 aromatic heterocycles. The van der Waals surface area contributed by atoms with Crippen LogP contribution < -0.4 is 21.9 Å². The molecule has 1 saturated heterocycles. The maximum absolute atomic E-state index is 4.30. The van der Waals surface area contributed by atoms with E-state index in [2.05, 4.69) is 76.5 Å². The molecule has 0 aliphatic carbocycles. The Morgan fingerprint density at radius 2 is 2.09 bits per heavy atom. The van der Waals surface area contributed by atoms with Crippen molar-refractivity contribution in [1.29, 1.82) is 0 Å². The summed E-state index contributed by atoms with van der Waals surface area (Å²) in [6.45, 7) is 5.13. The lowest BCUT2D eigenvalue weighted by Gasteiger charge is -2.11. The van der Waals surface area contributed by atoms with Crippen LogP contribution in [0.1, 0.15) is 55.6 Å². The third-order valence-corrected chi connectivity index (χ3v) is 3.91. The van der Waals surface area contributed by atoms with E-state index in [0.29, 0.717) is 5.92 Å². The van der Waals surface area contributed by atoms with E-state index in [4.69, 9.17) is 0 Å². The predicted octanol–water partition coefficient (Wildman–Crippen LogP) is 1.35. The number of hydrazine groups is 3. The molecule has 0 spiro atoms. The summed E-state index contributed by atoms with van der Waals surface area (Å²) in [6, 6.07) is 8.41. The SMILES string of the molecule is CCCC(C)c1cn(Cc2cccc(C3NNNN3)c2)nn1. The molecule has 1 atom stereocenters. The highest BCUT2D eigenvalue weighted by Crippen LogP contribution is 2.18. The van der Waals surface area contributed by atoms with Crippen LogP contribution in [0.4, 0.5) is 0 Å². The zero-order valence-corrected chi connectivity index (χ0v) is 13.0. The number of aromatic nitrogens is 3. The van der Waals surface area contributed by atoms with Gasteiger partial charge in [-0.2, -0.15) is 11.1 Å². The lowest BCUT2D eigenvalue weighted by atomic mass is 10.0. The summed E-state index contributed by atoms with van der Waals surface area (Å²) in [7, 11) is 0. The van der Waals surface area contributed by atoms with Gasteiger partial charge in [-0.1, -0.05) is 49.7 Å². The first-order chi connectivity index (χ1) is 10.8. The molecular weight excluding hydrogens is 278 g/mol. The number of benzene rings is 1. The summed E-state index contributed by atoms with van der Waals surface area (Å²) in [4.78, 5) is 0. The standard InChI is InChI=1S/C15H23N7/c1-3-5-11(2)14-10-22(21-16-14)9-12-6-4-7-13(8-12)15-17-19-20-18-15/h4,6-8,10-11,15,17-20H,3,5,9H2,1-2H3. The first kappa shape index (κ1) is 15.1. The second-order valence-electron chi connectivity index (χ2n) is 5.75. The van der Waals surface area contributed by atoms with Crippen molar-refractivity contribution < 1.29 is 0 Å². The summed E-state index contributed by atoms with van der Waals surface area (Å²) in [6.07, 6.45) is 4.42. The topological polar surface area (TPSA) is 78.8 Å². The van der Waals surface area contributed by atoms with E-state index >= 15 is 0 Å². The first-order valence-electron chi connectivity index (χ1n) is 7.76. The molecule has 0 saturated carbocycles. The van der Waals surface area contributed by atoms with Gasteiger partial charge in [0.1, 0.15) is 6.17 Å². The summed E-state index contributed by atoms with van der Waals surface area (Å²) in [5.74, 6) is 0.467. The molecule has 3 rings (SSSR count). The van der Waals surface area contributed by atoms with E-state index < -0.39 is 0 Å². The third kappa shape index (κ3) is 3.50.